The summed E-state index contributed by atoms with van der Waals surface area (Å²) in [6, 6.07) is 7.92. The minimum Gasteiger partial charge on any atom is -0.872 e. The molecule has 2 heterocycles. The maximum absolute atomic E-state index is 11.4. The predicted molar refractivity (Wildman–Crippen MR) is 65.9 cm³/mol. The van der Waals surface area contributed by atoms with E-state index in [0.717, 1.165) is 26.1 Å². The monoisotopic (exact) mass is 268 g/mol. The van der Waals surface area contributed by atoms with Gasteiger partial charge < -0.3 is 10.0 Å². The fraction of sp³-hybridized carbons (Fsp3) is 0.500. The summed E-state index contributed by atoms with van der Waals surface area (Å²) in [4.78, 5) is 15.8. The number of carbonyl (C=O) groups excluding carboxylic acids is 1. The zero-order valence-electron chi connectivity index (χ0n) is 11.5. The van der Waals surface area contributed by atoms with Crippen molar-refractivity contribution in [2.45, 2.75) is 32.0 Å². The van der Waals surface area contributed by atoms with Crippen molar-refractivity contribution in [3.05, 3.63) is 29.8 Å². The fourth-order valence-electron chi connectivity index (χ4n) is 3.16. The SMILES string of the molecule is CC(=O)N1C[C@@H]2C[C@H]1CN2Cc1ccc([O-])cc1.[Na+]. The van der Waals surface area contributed by atoms with Gasteiger partial charge in [-0.25, -0.2) is 0 Å². The molecule has 3 rings (SSSR count). The zero-order chi connectivity index (χ0) is 12.7. The molecule has 0 spiro atoms. The van der Waals surface area contributed by atoms with E-state index in [0.29, 0.717) is 12.1 Å². The van der Waals surface area contributed by atoms with Crippen LogP contribution in [0.1, 0.15) is 18.9 Å². The van der Waals surface area contributed by atoms with Crippen LogP contribution in [0.5, 0.6) is 5.75 Å². The first-order valence-electron chi connectivity index (χ1n) is 6.40. The van der Waals surface area contributed by atoms with Crippen molar-refractivity contribution in [1.82, 2.24) is 9.80 Å². The molecule has 0 aromatic heterocycles. The van der Waals surface area contributed by atoms with E-state index >= 15 is 0 Å². The summed E-state index contributed by atoms with van der Waals surface area (Å²) < 4.78 is 0. The fourth-order valence-corrected chi connectivity index (χ4v) is 3.16. The van der Waals surface area contributed by atoms with Crippen molar-refractivity contribution < 1.29 is 39.5 Å². The number of hydrogen-bond acceptors (Lipinski definition) is 3. The molecule has 1 amide bonds. The molecule has 1 aromatic carbocycles. The van der Waals surface area contributed by atoms with Gasteiger partial charge in [0.15, 0.2) is 0 Å². The third kappa shape index (κ3) is 2.97. The quantitative estimate of drug-likeness (QED) is 0.560. The molecule has 2 aliphatic heterocycles. The maximum Gasteiger partial charge on any atom is 1.00 e. The van der Waals surface area contributed by atoms with Crippen LogP contribution in [0.15, 0.2) is 24.3 Å². The van der Waals surface area contributed by atoms with Gasteiger partial charge >= 0.3 is 29.6 Å². The molecule has 0 saturated carbocycles. The Bertz CT molecular complexity index is 463. The van der Waals surface area contributed by atoms with Gasteiger partial charge in [-0.15, -0.1) is 5.75 Å². The number of benzene rings is 1. The topological polar surface area (TPSA) is 46.6 Å². The van der Waals surface area contributed by atoms with Crippen LogP contribution in [0.4, 0.5) is 0 Å². The Balaban J connectivity index is 0.00000133. The molecule has 2 bridgehead atoms. The number of likely N-dealkylation sites (tertiary alicyclic amines) is 2. The summed E-state index contributed by atoms with van der Waals surface area (Å²) in [5.74, 6) is 0.252. The Morgan fingerprint density at radius 3 is 2.47 bits per heavy atom. The van der Waals surface area contributed by atoms with Crippen LogP contribution >= 0.6 is 0 Å². The average Bonchev–Trinajstić information content (AvgIpc) is 2.91. The Labute approximate surface area is 135 Å². The summed E-state index contributed by atoms with van der Waals surface area (Å²) in [7, 11) is 0. The molecule has 0 aliphatic carbocycles. The number of amides is 1. The molecule has 2 aliphatic rings. The summed E-state index contributed by atoms with van der Waals surface area (Å²) in [5, 5.41) is 11.0. The summed E-state index contributed by atoms with van der Waals surface area (Å²) >= 11 is 0. The minimum atomic E-state index is 0. The van der Waals surface area contributed by atoms with Crippen LogP contribution < -0.4 is 34.7 Å². The number of piperazine rings is 1. The average molecular weight is 268 g/mol. The third-order valence-electron chi connectivity index (χ3n) is 4.07. The van der Waals surface area contributed by atoms with E-state index in [-0.39, 0.29) is 41.2 Å². The molecule has 2 saturated heterocycles. The Morgan fingerprint density at radius 2 is 1.95 bits per heavy atom. The van der Waals surface area contributed by atoms with Gasteiger partial charge in [-0.05, 0) is 12.0 Å². The van der Waals surface area contributed by atoms with Crippen LogP contribution in [-0.2, 0) is 11.3 Å². The third-order valence-corrected chi connectivity index (χ3v) is 4.07. The van der Waals surface area contributed by atoms with E-state index in [2.05, 4.69) is 4.90 Å². The van der Waals surface area contributed by atoms with Crippen LogP contribution in [-0.4, -0.2) is 40.9 Å². The van der Waals surface area contributed by atoms with Gasteiger partial charge in [-0.3, -0.25) is 9.69 Å². The summed E-state index contributed by atoms with van der Waals surface area (Å²) in [6.07, 6.45) is 1.10. The van der Waals surface area contributed by atoms with Gasteiger partial charge in [0.2, 0.25) is 5.91 Å². The molecule has 4 nitrogen and oxygen atoms in total. The molecular formula is C14H17N2NaO2. The van der Waals surface area contributed by atoms with E-state index in [4.69, 9.17) is 0 Å². The molecule has 1 aromatic rings. The molecule has 0 radical (unpaired) electrons. The smallest absolute Gasteiger partial charge is 0.872 e. The van der Waals surface area contributed by atoms with E-state index in [1.807, 2.05) is 17.0 Å². The standard InChI is InChI=1S/C14H18N2O2.Na/c1-10(17)16-9-12-6-13(16)8-15(12)7-11-2-4-14(18)5-3-11;/h2-5,12-13,18H,6-9H2,1H3;/q;+1/p-1/t12-,13-;/m0./s1. The van der Waals surface area contributed by atoms with Gasteiger partial charge in [0.05, 0.1) is 0 Å². The summed E-state index contributed by atoms with van der Waals surface area (Å²) in [5.41, 5.74) is 1.18. The van der Waals surface area contributed by atoms with E-state index < -0.39 is 0 Å². The van der Waals surface area contributed by atoms with Crippen molar-refractivity contribution in [3.63, 3.8) is 0 Å². The van der Waals surface area contributed by atoms with Crippen molar-refractivity contribution in [1.29, 1.82) is 0 Å². The van der Waals surface area contributed by atoms with Crippen LogP contribution in [0, 0.1) is 0 Å². The van der Waals surface area contributed by atoms with Crippen molar-refractivity contribution in [2.75, 3.05) is 13.1 Å². The molecule has 0 N–H and O–H groups in total. The first-order chi connectivity index (χ1) is 8.63. The molecule has 19 heavy (non-hydrogen) atoms. The number of nitrogens with zero attached hydrogens (tertiary/aromatic N) is 2. The van der Waals surface area contributed by atoms with Crippen LogP contribution in [0.3, 0.4) is 0 Å². The van der Waals surface area contributed by atoms with Gasteiger partial charge in [-0.2, -0.15) is 0 Å². The van der Waals surface area contributed by atoms with Crippen LogP contribution in [0.2, 0.25) is 0 Å². The van der Waals surface area contributed by atoms with Gasteiger partial charge in [0, 0.05) is 38.6 Å². The largest absolute Gasteiger partial charge is 1.00 e. The maximum atomic E-state index is 11.4. The molecule has 2 atom stereocenters. The Hall–Kier alpha value is -0.550. The van der Waals surface area contributed by atoms with Crippen molar-refractivity contribution in [2.24, 2.45) is 0 Å². The van der Waals surface area contributed by atoms with Crippen LogP contribution in [0.25, 0.3) is 0 Å². The Kier molecular flexibility index (Phi) is 4.56. The number of carbonyl (C=O) groups is 1. The van der Waals surface area contributed by atoms with Crippen molar-refractivity contribution in [3.8, 4) is 5.75 Å². The van der Waals surface area contributed by atoms with E-state index in [1.165, 1.54) is 5.56 Å². The van der Waals surface area contributed by atoms with E-state index in [9.17, 15) is 9.90 Å². The summed E-state index contributed by atoms with van der Waals surface area (Å²) in [6.45, 7) is 4.36. The molecular weight excluding hydrogens is 251 g/mol. The van der Waals surface area contributed by atoms with Crippen molar-refractivity contribution >= 4 is 5.91 Å². The normalized spacial score (nSPS) is 25.4. The molecule has 2 fully saturated rings. The second-order valence-corrected chi connectivity index (χ2v) is 5.29. The second kappa shape index (κ2) is 5.83. The predicted octanol–water partition coefficient (Wildman–Crippen LogP) is -2.43. The Morgan fingerprint density at radius 1 is 1.26 bits per heavy atom. The number of rotatable bonds is 2. The molecule has 96 valence electrons. The number of fused-ring (bicyclic) bond motifs is 2. The first kappa shape index (κ1) is 14.9. The second-order valence-electron chi connectivity index (χ2n) is 5.29. The minimum absolute atomic E-state index is 0. The van der Waals surface area contributed by atoms with Gasteiger partial charge in [-0.1, -0.05) is 24.3 Å². The number of hydrogen-bond donors (Lipinski definition) is 0. The zero-order valence-corrected chi connectivity index (χ0v) is 13.5. The van der Waals surface area contributed by atoms with Gasteiger partial charge in [0.1, 0.15) is 0 Å². The van der Waals surface area contributed by atoms with Gasteiger partial charge in [0.25, 0.3) is 0 Å². The molecule has 0 unspecified atom stereocenters. The van der Waals surface area contributed by atoms with E-state index in [1.54, 1.807) is 19.1 Å². The first-order valence-corrected chi connectivity index (χ1v) is 6.40. The molecule has 5 heteroatoms.